The first-order valence-electron chi connectivity index (χ1n) is 11.0. The van der Waals surface area contributed by atoms with Crippen LogP contribution in [0.1, 0.15) is 5.69 Å². The highest BCUT2D eigenvalue weighted by Gasteiger charge is 2.27. The van der Waals surface area contributed by atoms with Crippen molar-refractivity contribution in [3.8, 4) is 28.4 Å². The first-order valence-corrected chi connectivity index (χ1v) is 12.9. The lowest BCUT2D eigenvalue weighted by Gasteiger charge is -2.13. The van der Waals surface area contributed by atoms with Crippen LogP contribution in [0, 0.1) is 12.7 Å². The third kappa shape index (κ3) is 3.65. The van der Waals surface area contributed by atoms with Gasteiger partial charge in [-0.3, -0.25) is 14.2 Å². The molecule has 0 aliphatic carbocycles. The van der Waals surface area contributed by atoms with Gasteiger partial charge in [-0.2, -0.15) is 9.49 Å². The molecule has 0 N–H and O–H groups in total. The standard InChI is InChI=1S/C24H23FN6O5S/c1-12-15(11-29(2)28-12)13-7-14-16(8-18(13)35-4)26-9-17-21(14)31(24(32)30(17)3)23-20(25)22(36-5)19(10-27-23)37(6,33)34/h7-11H,1-6H3. The molecule has 0 atom stereocenters. The van der Waals surface area contributed by atoms with Gasteiger partial charge in [0.05, 0.1) is 48.9 Å². The van der Waals surface area contributed by atoms with E-state index in [9.17, 15) is 13.2 Å². The first kappa shape index (κ1) is 24.4. The Morgan fingerprint density at radius 2 is 1.76 bits per heavy atom. The Balaban J connectivity index is 1.93. The molecule has 0 saturated carbocycles. The summed E-state index contributed by atoms with van der Waals surface area (Å²) in [5.41, 5.74) is 2.93. The minimum absolute atomic E-state index is 0.337. The summed E-state index contributed by atoms with van der Waals surface area (Å²) < 4.78 is 54.8. The topological polar surface area (TPSA) is 123 Å². The Labute approximate surface area is 210 Å². The van der Waals surface area contributed by atoms with Gasteiger partial charge in [-0.1, -0.05) is 0 Å². The highest BCUT2D eigenvalue weighted by molar-refractivity contribution is 7.90. The van der Waals surface area contributed by atoms with E-state index >= 15 is 4.39 Å². The number of benzene rings is 1. The van der Waals surface area contributed by atoms with Crippen molar-refractivity contribution in [2.24, 2.45) is 14.1 Å². The number of methoxy groups -OCH3 is 2. The minimum Gasteiger partial charge on any atom is -0.496 e. The largest absolute Gasteiger partial charge is 0.496 e. The van der Waals surface area contributed by atoms with Gasteiger partial charge < -0.3 is 9.47 Å². The van der Waals surface area contributed by atoms with Crippen molar-refractivity contribution in [3.05, 3.63) is 52.7 Å². The van der Waals surface area contributed by atoms with Crippen LogP contribution in [0.5, 0.6) is 11.5 Å². The first-order chi connectivity index (χ1) is 17.5. The SMILES string of the molecule is COc1cc2ncc3c(c2cc1-c1cn(C)nc1C)n(-c1ncc(S(C)(=O)=O)c(OC)c1F)c(=O)n3C. The molecule has 11 nitrogen and oxygen atoms in total. The predicted molar refractivity (Wildman–Crippen MR) is 135 cm³/mol. The second kappa shape index (κ2) is 8.40. The molecule has 4 aromatic heterocycles. The van der Waals surface area contributed by atoms with E-state index in [4.69, 9.17) is 9.47 Å². The maximum Gasteiger partial charge on any atom is 0.334 e. The van der Waals surface area contributed by atoms with Gasteiger partial charge in [0.2, 0.25) is 5.82 Å². The van der Waals surface area contributed by atoms with Crippen molar-refractivity contribution in [1.82, 2.24) is 28.9 Å². The molecule has 0 aliphatic heterocycles. The fourth-order valence-electron chi connectivity index (χ4n) is 4.52. The Morgan fingerprint density at radius 3 is 2.35 bits per heavy atom. The molecular weight excluding hydrogens is 503 g/mol. The third-order valence-electron chi connectivity index (χ3n) is 6.25. The zero-order valence-corrected chi connectivity index (χ0v) is 21.7. The zero-order chi connectivity index (χ0) is 26.8. The van der Waals surface area contributed by atoms with Gasteiger partial charge in [0.1, 0.15) is 10.6 Å². The van der Waals surface area contributed by atoms with Crippen LogP contribution in [0.2, 0.25) is 0 Å². The Bertz CT molecular complexity index is 1910. The molecule has 13 heteroatoms. The van der Waals surface area contributed by atoms with Gasteiger partial charge in [0, 0.05) is 49.1 Å². The molecule has 0 aliphatic rings. The maximum atomic E-state index is 15.7. The van der Waals surface area contributed by atoms with Crippen LogP contribution in [0.15, 0.2) is 40.4 Å². The summed E-state index contributed by atoms with van der Waals surface area (Å²) in [6, 6.07) is 3.54. The summed E-state index contributed by atoms with van der Waals surface area (Å²) in [5.74, 6) is -1.46. The lowest BCUT2D eigenvalue weighted by atomic mass is 10.0. The molecule has 0 bridgehead atoms. The van der Waals surface area contributed by atoms with Crippen LogP contribution in [0.4, 0.5) is 4.39 Å². The van der Waals surface area contributed by atoms with E-state index in [-0.39, 0.29) is 0 Å². The fourth-order valence-corrected chi connectivity index (χ4v) is 5.27. The van der Waals surface area contributed by atoms with Crippen LogP contribution in [-0.4, -0.2) is 57.8 Å². The molecule has 0 spiro atoms. The second-order valence-electron chi connectivity index (χ2n) is 8.61. The summed E-state index contributed by atoms with van der Waals surface area (Å²) in [4.78, 5) is 21.5. The predicted octanol–water partition coefficient (Wildman–Crippen LogP) is 2.54. The van der Waals surface area contributed by atoms with Gasteiger partial charge >= 0.3 is 5.69 Å². The summed E-state index contributed by atoms with van der Waals surface area (Å²) in [6.45, 7) is 1.87. The number of hydrogen-bond donors (Lipinski definition) is 0. The van der Waals surface area contributed by atoms with Gasteiger partial charge in [-0.15, -0.1) is 0 Å². The third-order valence-corrected chi connectivity index (χ3v) is 7.34. The molecule has 0 saturated heterocycles. The van der Waals surface area contributed by atoms with Gasteiger partial charge in [-0.25, -0.2) is 22.8 Å². The quantitative estimate of drug-likeness (QED) is 0.342. The van der Waals surface area contributed by atoms with Crippen LogP contribution in [-0.2, 0) is 23.9 Å². The molecule has 0 unspecified atom stereocenters. The second-order valence-corrected chi connectivity index (χ2v) is 10.6. The maximum absolute atomic E-state index is 15.7. The Hall–Kier alpha value is -4.26. The van der Waals surface area contributed by atoms with E-state index in [2.05, 4.69) is 15.1 Å². The number of ether oxygens (including phenoxy) is 2. The monoisotopic (exact) mass is 526 g/mol. The van der Waals surface area contributed by atoms with Crippen LogP contribution in [0.25, 0.3) is 38.9 Å². The molecule has 5 aromatic rings. The average Bonchev–Trinajstić information content (AvgIpc) is 3.32. The molecule has 192 valence electrons. The molecule has 37 heavy (non-hydrogen) atoms. The van der Waals surface area contributed by atoms with Crippen molar-refractivity contribution in [1.29, 1.82) is 0 Å². The van der Waals surface area contributed by atoms with Gasteiger partial charge in [0.15, 0.2) is 21.4 Å². The lowest BCUT2D eigenvalue weighted by molar-refractivity contribution is 0.371. The number of aromatic nitrogens is 6. The summed E-state index contributed by atoms with van der Waals surface area (Å²) in [5, 5.41) is 4.94. The number of sulfone groups is 1. The van der Waals surface area contributed by atoms with Crippen LogP contribution in [0.3, 0.4) is 0 Å². The van der Waals surface area contributed by atoms with Crippen LogP contribution < -0.4 is 15.2 Å². The Morgan fingerprint density at radius 1 is 1.03 bits per heavy atom. The van der Waals surface area contributed by atoms with Crippen molar-refractivity contribution in [2.75, 3.05) is 20.5 Å². The normalized spacial score (nSPS) is 12.0. The van der Waals surface area contributed by atoms with E-state index in [1.54, 1.807) is 24.9 Å². The number of fused-ring (bicyclic) bond motifs is 3. The molecule has 1 aromatic carbocycles. The van der Waals surface area contributed by atoms with Gasteiger partial charge in [0.25, 0.3) is 0 Å². The van der Waals surface area contributed by atoms with E-state index in [1.807, 2.05) is 19.2 Å². The van der Waals surface area contributed by atoms with Crippen molar-refractivity contribution in [2.45, 2.75) is 11.8 Å². The molecule has 4 heterocycles. The van der Waals surface area contributed by atoms with E-state index < -0.39 is 37.8 Å². The van der Waals surface area contributed by atoms with Crippen molar-refractivity contribution >= 4 is 31.8 Å². The van der Waals surface area contributed by atoms with E-state index in [1.165, 1.54) is 17.8 Å². The number of hydrogen-bond acceptors (Lipinski definition) is 8. The number of nitrogens with zero attached hydrogens (tertiary/aromatic N) is 6. The number of halogens is 1. The lowest BCUT2D eigenvalue weighted by Crippen LogP contribution is -2.23. The molecule has 0 radical (unpaired) electrons. The molecule has 0 amide bonds. The molecule has 5 rings (SSSR count). The summed E-state index contributed by atoms with van der Waals surface area (Å²) in [6.07, 6.45) is 5.25. The number of rotatable bonds is 5. The zero-order valence-electron chi connectivity index (χ0n) is 20.9. The number of pyridine rings is 2. The molecule has 0 fully saturated rings. The smallest absolute Gasteiger partial charge is 0.334 e. The highest BCUT2D eigenvalue weighted by atomic mass is 32.2. The molecular formula is C24H23FN6O5S. The summed E-state index contributed by atoms with van der Waals surface area (Å²) >= 11 is 0. The van der Waals surface area contributed by atoms with E-state index in [0.29, 0.717) is 33.2 Å². The minimum atomic E-state index is -3.85. The fraction of sp³-hybridized carbons (Fsp3) is 0.250. The van der Waals surface area contributed by atoms with Crippen molar-refractivity contribution < 1.29 is 22.3 Å². The summed E-state index contributed by atoms with van der Waals surface area (Å²) in [7, 11) is 2.18. The van der Waals surface area contributed by atoms with E-state index in [0.717, 1.165) is 35.4 Å². The Kier molecular flexibility index (Phi) is 5.55. The average molecular weight is 527 g/mol. The van der Waals surface area contributed by atoms with Crippen molar-refractivity contribution in [3.63, 3.8) is 0 Å². The number of aryl methyl sites for hydroxylation is 3. The number of imidazole rings is 1. The van der Waals surface area contributed by atoms with Gasteiger partial charge in [-0.05, 0) is 13.0 Å². The van der Waals surface area contributed by atoms with Crippen LogP contribution >= 0.6 is 0 Å². The highest BCUT2D eigenvalue weighted by Crippen LogP contribution is 2.38.